The lowest BCUT2D eigenvalue weighted by Gasteiger charge is -2.55. The fourth-order valence-corrected chi connectivity index (χ4v) is 7.02. The third kappa shape index (κ3) is 3.41. The summed E-state index contributed by atoms with van der Waals surface area (Å²) >= 11 is 1.94. The van der Waals surface area contributed by atoms with Crippen molar-refractivity contribution in [1.29, 1.82) is 0 Å². The van der Waals surface area contributed by atoms with Gasteiger partial charge in [-0.3, -0.25) is 0 Å². The Morgan fingerprint density at radius 2 is 1.40 bits per heavy atom. The molecule has 1 aliphatic heterocycles. The number of aromatic nitrogens is 2. The summed E-state index contributed by atoms with van der Waals surface area (Å²) in [6.45, 7) is 12.3. The molecule has 140 valence electrons. The van der Waals surface area contributed by atoms with Crippen molar-refractivity contribution in [3.8, 4) is 0 Å². The van der Waals surface area contributed by atoms with Gasteiger partial charge in [0.2, 0.25) is 0 Å². The zero-order valence-corrected chi connectivity index (χ0v) is 17.3. The van der Waals surface area contributed by atoms with E-state index in [0.29, 0.717) is 22.7 Å². The average molecular weight is 362 g/mol. The predicted octanol–water partition coefficient (Wildman–Crippen LogP) is 5.35. The van der Waals surface area contributed by atoms with Crippen LogP contribution in [0.25, 0.3) is 0 Å². The van der Waals surface area contributed by atoms with Crippen molar-refractivity contribution >= 4 is 11.3 Å². The third-order valence-corrected chi connectivity index (χ3v) is 9.01. The van der Waals surface area contributed by atoms with E-state index in [9.17, 15) is 0 Å². The molecule has 25 heavy (non-hydrogen) atoms. The first kappa shape index (κ1) is 17.9. The van der Waals surface area contributed by atoms with E-state index in [4.69, 9.17) is 0 Å². The van der Waals surface area contributed by atoms with Crippen molar-refractivity contribution < 1.29 is 0 Å². The summed E-state index contributed by atoms with van der Waals surface area (Å²) in [4.78, 5) is 0. The highest BCUT2D eigenvalue weighted by molar-refractivity contribution is 7.11. The first-order valence-electron chi connectivity index (χ1n) is 10.4. The number of hydrogen-bond acceptors (Lipinski definition) is 4. The molecule has 0 aromatic carbocycles. The van der Waals surface area contributed by atoms with Gasteiger partial charge in [-0.05, 0) is 80.7 Å². The molecule has 3 aliphatic rings. The van der Waals surface area contributed by atoms with E-state index in [1.807, 2.05) is 11.3 Å². The van der Waals surface area contributed by atoms with E-state index in [1.54, 1.807) is 0 Å². The number of piperidine rings is 1. The molecule has 3 fully saturated rings. The van der Waals surface area contributed by atoms with Crippen molar-refractivity contribution in [2.24, 2.45) is 22.7 Å². The van der Waals surface area contributed by atoms with Crippen LogP contribution in [0.5, 0.6) is 0 Å². The van der Waals surface area contributed by atoms with Crippen LogP contribution in [0, 0.1) is 22.7 Å². The minimum absolute atomic E-state index is 0.488. The zero-order valence-electron chi connectivity index (χ0n) is 16.5. The topological polar surface area (TPSA) is 37.8 Å². The van der Waals surface area contributed by atoms with Crippen LogP contribution in [0.3, 0.4) is 0 Å². The third-order valence-electron chi connectivity index (χ3n) is 7.77. The highest BCUT2D eigenvalue weighted by atomic mass is 32.1. The fourth-order valence-electron chi connectivity index (χ4n) is 5.85. The SMILES string of the molecule is CC1(C)CCC(C)(C)C2CC(c3nnc(C4CCNCC4)s3)CCC21. The highest BCUT2D eigenvalue weighted by Gasteiger charge is 2.50. The standard InChI is InChI=1S/C21H35N3S/c1-20(2)9-10-21(3,4)17-13-15(5-6-16(17)20)19-24-23-18(25-19)14-7-11-22-12-8-14/h14-17,22H,5-13H2,1-4H3. The Kier molecular flexibility index (Phi) is 4.73. The molecular weight excluding hydrogens is 326 g/mol. The van der Waals surface area contributed by atoms with Gasteiger partial charge in [0.25, 0.3) is 0 Å². The summed E-state index contributed by atoms with van der Waals surface area (Å²) in [6, 6.07) is 0. The summed E-state index contributed by atoms with van der Waals surface area (Å²) in [7, 11) is 0. The number of rotatable bonds is 2. The molecule has 1 aromatic heterocycles. The lowest BCUT2D eigenvalue weighted by molar-refractivity contribution is -0.0499. The molecule has 4 rings (SSSR count). The predicted molar refractivity (Wildman–Crippen MR) is 105 cm³/mol. The summed E-state index contributed by atoms with van der Waals surface area (Å²) in [5.74, 6) is 3.04. The van der Waals surface area contributed by atoms with Gasteiger partial charge in [0.1, 0.15) is 10.0 Å². The maximum absolute atomic E-state index is 4.68. The smallest absolute Gasteiger partial charge is 0.120 e. The molecule has 3 atom stereocenters. The van der Waals surface area contributed by atoms with Gasteiger partial charge >= 0.3 is 0 Å². The van der Waals surface area contributed by atoms with Crippen LogP contribution in [0.2, 0.25) is 0 Å². The van der Waals surface area contributed by atoms with Gasteiger partial charge < -0.3 is 5.32 Å². The molecule has 3 nitrogen and oxygen atoms in total. The molecule has 0 bridgehead atoms. The molecule has 1 aromatic rings. The maximum atomic E-state index is 4.68. The van der Waals surface area contributed by atoms with Crippen LogP contribution in [-0.4, -0.2) is 23.3 Å². The monoisotopic (exact) mass is 361 g/mol. The van der Waals surface area contributed by atoms with Crippen molar-refractivity contribution in [3.63, 3.8) is 0 Å². The summed E-state index contributed by atoms with van der Waals surface area (Å²) in [6.07, 6.45) is 9.27. The van der Waals surface area contributed by atoms with Gasteiger partial charge in [0, 0.05) is 11.8 Å². The summed E-state index contributed by atoms with van der Waals surface area (Å²) in [5, 5.41) is 15.4. The largest absolute Gasteiger partial charge is 0.317 e. The Morgan fingerprint density at radius 1 is 0.800 bits per heavy atom. The molecular formula is C21H35N3S. The van der Waals surface area contributed by atoms with Crippen LogP contribution in [0.4, 0.5) is 0 Å². The van der Waals surface area contributed by atoms with E-state index >= 15 is 0 Å². The molecule has 0 spiro atoms. The van der Waals surface area contributed by atoms with Gasteiger partial charge in [0.05, 0.1) is 0 Å². The van der Waals surface area contributed by atoms with Crippen molar-refractivity contribution in [2.45, 2.75) is 84.5 Å². The highest BCUT2D eigenvalue weighted by Crippen LogP contribution is 2.59. The van der Waals surface area contributed by atoms with Crippen LogP contribution in [-0.2, 0) is 0 Å². The second-order valence-corrected chi connectivity index (χ2v) is 11.2. The molecule has 3 unspecified atom stereocenters. The van der Waals surface area contributed by atoms with Gasteiger partial charge in [-0.1, -0.05) is 27.7 Å². The second kappa shape index (κ2) is 6.60. The molecule has 1 N–H and O–H groups in total. The molecule has 2 saturated carbocycles. The Labute approximate surface area is 157 Å². The molecule has 0 radical (unpaired) electrons. The van der Waals surface area contributed by atoms with Gasteiger partial charge in [-0.25, -0.2) is 0 Å². The van der Waals surface area contributed by atoms with E-state index in [-0.39, 0.29) is 0 Å². The molecule has 2 heterocycles. The minimum atomic E-state index is 0.488. The van der Waals surface area contributed by atoms with Crippen LogP contribution >= 0.6 is 11.3 Å². The Hall–Kier alpha value is -0.480. The molecule has 4 heteroatoms. The molecule has 0 amide bonds. The number of nitrogens with one attached hydrogen (secondary N) is 1. The second-order valence-electron chi connectivity index (χ2n) is 10.2. The summed E-state index contributed by atoms with van der Waals surface area (Å²) < 4.78 is 0. The van der Waals surface area contributed by atoms with Gasteiger partial charge in [-0.2, -0.15) is 0 Å². The van der Waals surface area contributed by atoms with Crippen molar-refractivity contribution in [1.82, 2.24) is 15.5 Å². The Morgan fingerprint density at radius 3 is 2.08 bits per heavy atom. The van der Waals surface area contributed by atoms with Crippen molar-refractivity contribution in [3.05, 3.63) is 10.0 Å². The van der Waals surface area contributed by atoms with Crippen LogP contribution in [0.1, 0.15) is 94.5 Å². The van der Waals surface area contributed by atoms with Crippen molar-refractivity contribution in [2.75, 3.05) is 13.1 Å². The fraction of sp³-hybridized carbons (Fsp3) is 0.905. The quantitative estimate of drug-likeness (QED) is 0.771. The number of hydrogen-bond donors (Lipinski definition) is 1. The van der Waals surface area contributed by atoms with Crippen LogP contribution < -0.4 is 5.32 Å². The van der Waals surface area contributed by atoms with E-state index in [1.165, 1.54) is 55.0 Å². The summed E-state index contributed by atoms with van der Waals surface area (Å²) in [5.41, 5.74) is 1.01. The zero-order chi connectivity index (χ0) is 17.7. The lowest BCUT2D eigenvalue weighted by atomic mass is 9.50. The lowest BCUT2D eigenvalue weighted by Crippen LogP contribution is -2.46. The first-order chi connectivity index (χ1) is 11.9. The Balaban J connectivity index is 1.50. The first-order valence-corrected chi connectivity index (χ1v) is 11.2. The van der Waals surface area contributed by atoms with Crippen LogP contribution in [0.15, 0.2) is 0 Å². The Bertz CT molecular complexity index is 600. The molecule has 2 aliphatic carbocycles. The molecule has 1 saturated heterocycles. The van der Waals surface area contributed by atoms with Gasteiger partial charge in [0.15, 0.2) is 0 Å². The average Bonchev–Trinajstić information content (AvgIpc) is 3.10. The maximum Gasteiger partial charge on any atom is 0.120 e. The number of fused-ring (bicyclic) bond motifs is 1. The van der Waals surface area contributed by atoms with E-state index in [0.717, 1.165) is 24.9 Å². The van der Waals surface area contributed by atoms with E-state index < -0.39 is 0 Å². The normalized spacial score (nSPS) is 35.3. The van der Waals surface area contributed by atoms with Gasteiger partial charge in [-0.15, -0.1) is 21.5 Å². The van der Waals surface area contributed by atoms with E-state index in [2.05, 4.69) is 43.2 Å². The number of nitrogens with zero attached hydrogens (tertiary/aromatic N) is 2. The minimum Gasteiger partial charge on any atom is -0.317 e.